The summed E-state index contributed by atoms with van der Waals surface area (Å²) in [6, 6.07) is 9.66. The van der Waals surface area contributed by atoms with E-state index in [-0.39, 0.29) is 0 Å². The molecule has 0 aliphatic rings. The predicted octanol–water partition coefficient (Wildman–Crippen LogP) is 4.12. The highest BCUT2D eigenvalue weighted by atomic mass is 79.9. The first kappa shape index (κ1) is 11.6. The second-order valence-corrected chi connectivity index (χ2v) is 4.67. The lowest BCUT2D eigenvalue weighted by Crippen LogP contribution is -1.94. The van der Waals surface area contributed by atoms with Crippen LogP contribution in [0.1, 0.15) is 12.6 Å². The van der Waals surface area contributed by atoms with Crippen LogP contribution in [-0.2, 0) is 6.42 Å². The van der Waals surface area contributed by atoms with Crippen molar-refractivity contribution in [3.05, 3.63) is 45.7 Å². The first-order valence-electron chi connectivity index (χ1n) is 4.98. The van der Waals surface area contributed by atoms with E-state index in [1.54, 1.807) is 6.07 Å². The topological polar surface area (TPSA) is 25.8 Å². The van der Waals surface area contributed by atoms with E-state index in [1.165, 1.54) is 0 Å². The highest BCUT2D eigenvalue weighted by Crippen LogP contribution is 2.21. The molecule has 0 fully saturated rings. The lowest BCUT2D eigenvalue weighted by Gasteiger charge is -2.04. The molecule has 2 rings (SSSR count). The fourth-order valence-electron chi connectivity index (χ4n) is 1.40. The van der Waals surface area contributed by atoms with Crippen molar-refractivity contribution < 1.29 is 0 Å². The highest BCUT2D eigenvalue weighted by Gasteiger charge is 2.05. The van der Waals surface area contributed by atoms with Gasteiger partial charge in [-0.2, -0.15) is 0 Å². The molecular formula is C12H10BrClN2. The maximum Gasteiger partial charge on any atom is 0.161 e. The van der Waals surface area contributed by atoms with Crippen LogP contribution in [0, 0.1) is 0 Å². The zero-order valence-corrected chi connectivity index (χ0v) is 11.1. The molecule has 0 spiro atoms. The number of halogens is 2. The number of rotatable bonds is 2. The molecule has 0 aliphatic heterocycles. The van der Waals surface area contributed by atoms with Crippen LogP contribution in [0.3, 0.4) is 0 Å². The summed E-state index contributed by atoms with van der Waals surface area (Å²) < 4.78 is 1.01. The number of nitrogens with zero attached hydrogens (tertiary/aromatic N) is 2. The van der Waals surface area contributed by atoms with Gasteiger partial charge in [0, 0.05) is 15.7 Å². The van der Waals surface area contributed by atoms with Crippen molar-refractivity contribution in [2.45, 2.75) is 13.3 Å². The van der Waals surface area contributed by atoms with Crippen LogP contribution in [-0.4, -0.2) is 9.97 Å². The fraction of sp³-hybridized carbons (Fsp3) is 0.167. The van der Waals surface area contributed by atoms with E-state index in [0.29, 0.717) is 11.0 Å². The Balaban J connectivity index is 2.51. The normalized spacial score (nSPS) is 10.4. The lowest BCUT2D eigenvalue weighted by molar-refractivity contribution is 1.01. The Kier molecular flexibility index (Phi) is 3.56. The van der Waals surface area contributed by atoms with Crippen LogP contribution in [0.2, 0.25) is 5.15 Å². The summed E-state index contributed by atoms with van der Waals surface area (Å²) in [5.41, 5.74) is 1.92. The molecule has 0 unspecified atom stereocenters. The molecule has 0 bridgehead atoms. The molecule has 1 heterocycles. The molecule has 0 aliphatic carbocycles. The standard InChI is InChI=1S/C12H10BrClN2/c1-2-10-7-11(14)16-12(15-10)8-4-3-5-9(13)6-8/h3-7H,2H2,1H3. The molecule has 0 radical (unpaired) electrons. The van der Waals surface area contributed by atoms with Gasteiger partial charge < -0.3 is 0 Å². The van der Waals surface area contributed by atoms with Crippen LogP contribution in [0.5, 0.6) is 0 Å². The molecule has 2 aromatic rings. The minimum absolute atomic E-state index is 0.488. The summed E-state index contributed by atoms with van der Waals surface area (Å²) in [6.07, 6.45) is 0.850. The quantitative estimate of drug-likeness (QED) is 0.779. The molecule has 4 heteroatoms. The van der Waals surface area contributed by atoms with Crippen molar-refractivity contribution >= 4 is 27.5 Å². The van der Waals surface area contributed by atoms with Gasteiger partial charge >= 0.3 is 0 Å². The first-order valence-corrected chi connectivity index (χ1v) is 6.15. The Labute approximate surface area is 108 Å². The summed E-state index contributed by atoms with van der Waals surface area (Å²) in [5.74, 6) is 0.672. The largest absolute Gasteiger partial charge is 0.233 e. The summed E-state index contributed by atoms with van der Waals surface area (Å²) in [6.45, 7) is 2.04. The van der Waals surface area contributed by atoms with Gasteiger partial charge in [-0.3, -0.25) is 0 Å². The third kappa shape index (κ3) is 2.60. The van der Waals surface area contributed by atoms with E-state index >= 15 is 0 Å². The first-order chi connectivity index (χ1) is 7.69. The van der Waals surface area contributed by atoms with Gasteiger partial charge in [0.15, 0.2) is 5.82 Å². The Morgan fingerprint density at radius 1 is 1.25 bits per heavy atom. The van der Waals surface area contributed by atoms with Crippen LogP contribution >= 0.6 is 27.5 Å². The van der Waals surface area contributed by atoms with Crippen molar-refractivity contribution in [2.75, 3.05) is 0 Å². The number of hydrogen-bond acceptors (Lipinski definition) is 2. The molecule has 0 saturated carbocycles. The van der Waals surface area contributed by atoms with Crippen molar-refractivity contribution in [2.24, 2.45) is 0 Å². The highest BCUT2D eigenvalue weighted by molar-refractivity contribution is 9.10. The smallest absolute Gasteiger partial charge is 0.161 e. The molecule has 1 aromatic carbocycles. The molecule has 16 heavy (non-hydrogen) atoms. The Morgan fingerprint density at radius 3 is 2.75 bits per heavy atom. The van der Waals surface area contributed by atoms with Gasteiger partial charge in [0.2, 0.25) is 0 Å². The third-order valence-corrected chi connectivity index (χ3v) is 2.88. The molecule has 0 atom stereocenters. The maximum atomic E-state index is 5.96. The second-order valence-electron chi connectivity index (χ2n) is 3.37. The van der Waals surface area contributed by atoms with Crippen LogP contribution < -0.4 is 0 Å². The fourth-order valence-corrected chi connectivity index (χ4v) is 2.01. The Hall–Kier alpha value is -0.930. The minimum atomic E-state index is 0.488. The van der Waals surface area contributed by atoms with Gasteiger partial charge in [-0.25, -0.2) is 9.97 Å². The number of hydrogen-bond donors (Lipinski definition) is 0. The van der Waals surface area contributed by atoms with E-state index in [2.05, 4.69) is 25.9 Å². The summed E-state index contributed by atoms with van der Waals surface area (Å²) in [4.78, 5) is 8.67. The number of aromatic nitrogens is 2. The Morgan fingerprint density at radius 2 is 2.06 bits per heavy atom. The van der Waals surface area contributed by atoms with Crippen molar-refractivity contribution in [3.63, 3.8) is 0 Å². The summed E-state index contributed by atoms with van der Waals surface area (Å²) in [5, 5.41) is 0.488. The predicted molar refractivity (Wildman–Crippen MR) is 69.6 cm³/mol. The molecule has 0 amide bonds. The number of benzene rings is 1. The Bertz CT molecular complexity index is 514. The van der Waals surface area contributed by atoms with Gasteiger partial charge in [-0.15, -0.1) is 0 Å². The molecular weight excluding hydrogens is 288 g/mol. The van der Waals surface area contributed by atoms with Crippen molar-refractivity contribution in [3.8, 4) is 11.4 Å². The summed E-state index contributed by atoms with van der Waals surface area (Å²) >= 11 is 9.38. The molecule has 1 aromatic heterocycles. The SMILES string of the molecule is CCc1cc(Cl)nc(-c2cccc(Br)c2)n1. The monoisotopic (exact) mass is 296 g/mol. The van der Waals surface area contributed by atoms with Crippen molar-refractivity contribution in [1.29, 1.82) is 0 Å². The van der Waals surface area contributed by atoms with E-state index in [4.69, 9.17) is 11.6 Å². The van der Waals surface area contributed by atoms with E-state index in [1.807, 2.05) is 31.2 Å². The van der Waals surface area contributed by atoms with Gasteiger partial charge in [-0.1, -0.05) is 46.6 Å². The third-order valence-electron chi connectivity index (χ3n) is 2.19. The van der Waals surface area contributed by atoms with Gasteiger partial charge in [0.25, 0.3) is 0 Å². The number of aryl methyl sites for hydroxylation is 1. The van der Waals surface area contributed by atoms with Gasteiger partial charge in [-0.05, 0) is 24.6 Å². The molecule has 2 nitrogen and oxygen atoms in total. The van der Waals surface area contributed by atoms with Crippen molar-refractivity contribution in [1.82, 2.24) is 9.97 Å². The zero-order chi connectivity index (χ0) is 11.5. The van der Waals surface area contributed by atoms with Crippen LogP contribution in [0.25, 0.3) is 11.4 Å². The minimum Gasteiger partial charge on any atom is -0.233 e. The van der Waals surface area contributed by atoms with Crippen LogP contribution in [0.15, 0.2) is 34.8 Å². The summed E-state index contributed by atoms with van der Waals surface area (Å²) in [7, 11) is 0. The van der Waals surface area contributed by atoms with E-state index < -0.39 is 0 Å². The van der Waals surface area contributed by atoms with E-state index in [9.17, 15) is 0 Å². The molecule has 0 saturated heterocycles. The average molecular weight is 298 g/mol. The maximum absolute atomic E-state index is 5.96. The molecule has 0 N–H and O–H groups in total. The lowest BCUT2D eigenvalue weighted by atomic mass is 10.2. The zero-order valence-electron chi connectivity index (χ0n) is 8.74. The van der Waals surface area contributed by atoms with Gasteiger partial charge in [0.05, 0.1) is 0 Å². The average Bonchev–Trinajstić information content (AvgIpc) is 2.28. The van der Waals surface area contributed by atoms with Gasteiger partial charge in [0.1, 0.15) is 5.15 Å². The molecule has 82 valence electrons. The van der Waals surface area contributed by atoms with Crippen LogP contribution in [0.4, 0.5) is 0 Å². The van der Waals surface area contributed by atoms with E-state index in [0.717, 1.165) is 22.2 Å². The second kappa shape index (κ2) is 4.93.